The van der Waals surface area contributed by atoms with Crippen LogP contribution in [0.1, 0.15) is 29.9 Å². The summed E-state index contributed by atoms with van der Waals surface area (Å²) in [5, 5.41) is 3.52. The minimum absolute atomic E-state index is 0.0415. The summed E-state index contributed by atoms with van der Waals surface area (Å²) in [7, 11) is 1.46. The van der Waals surface area contributed by atoms with E-state index < -0.39 is 40.4 Å². The third kappa shape index (κ3) is 4.22. The second kappa shape index (κ2) is 8.38. The number of alkyl halides is 6. The Morgan fingerprint density at radius 3 is 2.26 bits per heavy atom. The van der Waals surface area contributed by atoms with E-state index in [0.717, 1.165) is 6.20 Å². The molecule has 1 aromatic carbocycles. The highest BCUT2D eigenvalue weighted by atomic mass is 35.5. The van der Waals surface area contributed by atoms with Gasteiger partial charge in [-0.1, -0.05) is 11.6 Å². The maximum atomic E-state index is 13.7. The molecule has 1 unspecified atom stereocenters. The first-order chi connectivity index (χ1) is 15.9. The summed E-state index contributed by atoms with van der Waals surface area (Å²) in [5.41, 5.74) is -3.73. The maximum absolute atomic E-state index is 13.7. The van der Waals surface area contributed by atoms with Crippen molar-refractivity contribution in [1.82, 2.24) is 29.7 Å². The van der Waals surface area contributed by atoms with Gasteiger partial charge in [0.05, 0.1) is 33.4 Å². The van der Waals surface area contributed by atoms with Gasteiger partial charge in [-0.2, -0.15) is 36.1 Å². The summed E-state index contributed by atoms with van der Waals surface area (Å²) in [6.45, 7) is 1.63. The average molecular weight is 502 g/mol. The number of hydrogen-bond acceptors (Lipinski definition) is 6. The first kappa shape index (κ1) is 23.7. The molecule has 0 saturated heterocycles. The van der Waals surface area contributed by atoms with Crippen LogP contribution in [0, 0.1) is 0 Å². The van der Waals surface area contributed by atoms with Crippen molar-refractivity contribution in [3.63, 3.8) is 0 Å². The first-order valence-electron chi connectivity index (χ1n) is 9.56. The van der Waals surface area contributed by atoms with Crippen LogP contribution in [0.5, 0.6) is 0 Å². The van der Waals surface area contributed by atoms with Gasteiger partial charge >= 0.3 is 12.4 Å². The number of fused-ring (bicyclic) bond motifs is 1. The molecule has 1 atom stereocenters. The zero-order chi connectivity index (χ0) is 24.8. The quantitative estimate of drug-likeness (QED) is 0.344. The fourth-order valence-electron chi connectivity index (χ4n) is 3.46. The molecule has 0 aliphatic rings. The largest absolute Gasteiger partial charge is 0.418 e. The van der Waals surface area contributed by atoms with Crippen molar-refractivity contribution in [2.24, 2.45) is 0 Å². The average Bonchev–Trinajstić information content (AvgIpc) is 3.26. The number of halogens is 7. The second-order valence-electron chi connectivity index (χ2n) is 7.24. The second-order valence-corrected chi connectivity index (χ2v) is 7.64. The number of pyridine rings is 1. The van der Waals surface area contributed by atoms with Gasteiger partial charge in [0, 0.05) is 31.0 Å². The predicted octanol–water partition coefficient (Wildman–Crippen LogP) is 5.49. The highest BCUT2D eigenvalue weighted by Gasteiger charge is 2.39. The summed E-state index contributed by atoms with van der Waals surface area (Å²) < 4.78 is 82.7. The summed E-state index contributed by atoms with van der Waals surface area (Å²) in [6.07, 6.45) is -4.95. The molecule has 34 heavy (non-hydrogen) atoms. The molecule has 0 aliphatic carbocycles. The number of rotatable bonds is 4. The maximum Gasteiger partial charge on any atom is 0.418 e. The fourth-order valence-corrected chi connectivity index (χ4v) is 3.74. The smallest absolute Gasteiger partial charge is 0.363 e. The number of aromatic nitrogens is 6. The molecular formula is C20H14ClF6N7. The van der Waals surface area contributed by atoms with Crippen LogP contribution in [0.3, 0.4) is 0 Å². The minimum Gasteiger partial charge on any atom is -0.363 e. The van der Waals surface area contributed by atoms with Gasteiger partial charge in [-0.25, -0.2) is 15.0 Å². The topological polar surface area (TPSA) is 72.6 Å². The Morgan fingerprint density at radius 1 is 0.971 bits per heavy atom. The molecule has 178 valence electrons. The molecule has 0 N–H and O–H groups in total. The van der Waals surface area contributed by atoms with Gasteiger partial charge in [0.25, 0.3) is 5.95 Å². The number of benzene rings is 1. The van der Waals surface area contributed by atoms with Crippen LogP contribution >= 0.6 is 11.6 Å². The van der Waals surface area contributed by atoms with E-state index in [9.17, 15) is 26.3 Å². The lowest BCUT2D eigenvalue weighted by Gasteiger charge is -2.29. The first-order valence-corrected chi connectivity index (χ1v) is 9.94. The van der Waals surface area contributed by atoms with E-state index in [2.05, 4.69) is 25.0 Å². The van der Waals surface area contributed by atoms with Crippen molar-refractivity contribution in [2.75, 3.05) is 11.9 Å². The predicted molar refractivity (Wildman–Crippen MR) is 111 cm³/mol. The Kier molecular flexibility index (Phi) is 5.84. The van der Waals surface area contributed by atoms with Gasteiger partial charge in [0.1, 0.15) is 6.33 Å². The lowest BCUT2D eigenvalue weighted by Crippen LogP contribution is -2.26. The van der Waals surface area contributed by atoms with Gasteiger partial charge in [-0.3, -0.25) is 4.98 Å². The number of hydrogen-bond donors (Lipinski definition) is 0. The van der Waals surface area contributed by atoms with Crippen molar-refractivity contribution in [2.45, 2.75) is 25.3 Å². The van der Waals surface area contributed by atoms with Crippen molar-refractivity contribution in [3.8, 4) is 5.95 Å². The molecule has 0 bridgehead atoms. The number of anilines is 1. The third-order valence-corrected chi connectivity index (χ3v) is 5.43. The van der Waals surface area contributed by atoms with Gasteiger partial charge < -0.3 is 4.90 Å². The molecule has 3 aromatic heterocycles. The molecule has 4 aromatic rings. The Bertz CT molecular complexity index is 1340. The third-order valence-electron chi connectivity index (χ3n) is 5.15. The van der Waals surface area contributed by atoms with Crippen LogP contribution in [0.25, 0.3) is 16.9 Å². The van der Waals surface area contributed by atoms with E-state index in [0.29, 0.717) is 6.07 Å². The fraction of sp³-hybridized carbons (Fsp3) is 0.250. The molecule has 7 nitrogen and oxygen atoms in total. The van der Waals surface area contributed by atoms with Crippen LogP contribution in [0.15, 0.2) is 43.1 Å². The lowest BCUT2D eigenvalue weighted by atomic mass is 10.0. The minimum atomic E-state index is -5.08. The summed E-state index contributed by atoms with van der Waals surface area (Å²) >= 11 is 6.26. The normalized spacial score (nSPS) is 13.3. The molecule has 3 heterocycles. The van der Waals surface area contributed by atoms with E-state index in [1.165, 1.54) is 35.4 Å². The van der Waals surface area contributed by atoms with Gasteiger partial charge in [-0.15, -0.1) is 0 Å². The standard InChI is InChI=1S/C20H14ClF6N7/c1-10(17-31-9-32-34(17)18-28-4-3-5-29-18)33(2)16-12-6-11(19(22,23)24)7-13(20(25,26)27)15(12)30-8-14(16)21/h3-10H,1-2H3. The van der Waals surface area contributed by atoms with E-state index in [-0.39, 0.29) is 28.5 Å². The molecule has 14 heteroatoms. The van der Waals surface area contributed by atoms with E-state index >= 15 is 0 Å². The van der Waals surface area contributed by atoms with Crippen molar-refractivity contribution in [1.29, 1.82) is 0 Å². The molecular weight excluding hydrogens is 488 g/mol. The molecule has 4 rings (SSSR count). The lowest BCUT2D eigenvalue weighted by molar-refractivity contribution is -0.142. The van der Waals surface area contributed by atoms with Crippen molar-refractivity contribution >= 4 is 28.2 Å². The molecule has 0 saturated carbocycles. The molecule has 0 amide bonds. The highest BCUT2D eigenvalue weighted by molar-refractivity contribution is 6.34. The van der Waals surface area contributed by atoms with Crippen molar-refractivity contribution < 1.29 is 26.3 Å². The van der Waals surface area contributed by atoms with E-state index in [4.69, 9.17) is 11.6 Å². The molecule has 0 radical (unpaired) electrons. The molecule has 0 aliphatic heterocycles. The Morgan fingerprint density at radius 2 is 1.65 bits per heavy atom. The van der Waals surface area contributed by atoms with Crippen LogP contribution in [-0.2, 0) is 12.4 Å². The summed E-state index contributed by atoms with van der Waals surface area (Å²) in [5.74, 6) is 0.456. The summed E-state index contributed by atoms with van der Waals surface area (Å²) in [4.78, 5) is 17.4. The SMILES string of the molecule is CC(c1ncnn1-c1ncccn1)N(C)c1c(Cl)cnc2c(C(F)(F)F)cc(C(F)(F)F)cc12. The van der Waals surface area contributed by atoms with Crippen molar-refractivity contribution in [3.05, 3.63) is 65.1 Å². The van der Waals surface area contributed by atoms with Gasteiger partial charge in [-0.05, 0) is 25.1 Å². The Hall–Kier alpha value is -3.48. The van der Waals surface area contributed by atoms with E-state index in [1.54, 1.807) is 13.0 Å². The molecule has 0 spiro atoms. The van der Waals surface area contributed by atoms with Gasteiger partial charge in [0.15, 0.2) is 5.82 Å². The Labute approximate surface area is 193 Å². The number of nitrogens with zero attached hydrogens (tertiary/aromatic N) is 7. The van der Waals surface area contributed by atoms with E-state index in [1.807, 2.05) is 0 Å². The zero-order valence-electron chi connectivity index (χ0n) is 17.4. The van der Waals surface area contributed by atoms with Crippen LogP contribution < -0.4 is 4.90 Å². The zero-order valence-corrected chi connectivity index (χ0v) is 18.2. The van der Waals surface area contributed by atoms with Crippen LogP contribution in [0.4, 0.5) is 32.0 Å². The monoisotopic (exact) mass is 501 g/mol. The highest BCUT2D eigenvalue weighted by Crippen LogP contribution is 2.44. The molecule has 0 fully saturated rings. The van der Waals surface area contributed by atoms with Crippen LogP contribution in [0.2, 0.25) is 5.02 Å². The van der Waals surface area contributed by atoms with Gasteiger partial charge in [0.2, 0.25) is 0 Å². The van der Waals surface area contributed by atoms with Crippen LogP contribution in [-0.4, -0.2) is 36.8 Å². The summed E-state index contributed by atoms with van der Waals surface area (Å²) in [6, 6.07) is 1.51. The Balaban J connectivity index is 1.91.